The largest absolute Gasteiger partial charge is 0.343 e. The molecule has 0 heterocycles. The van der Waals surface area contributed by atoms with Crippen molar-refractivity contribution < 1.29 is 14.0 Å². The summed E-state index contributed by atoms with van der Waals surface area (Å²) in [5, 5.41) is 4.90. The molecule has 114 valence electrons. The van der Waals surface area contributed by atoms with Gasteiger partial charge in [0.1, 0.15) is 5.82 Å². The molecule has 0 aliphatic heterocycles. The highest BCUT2D eigenvalue weighted by atomic mass is 79.9. The summed E-state index contributed by atoms with van der Waals surface area (Å²) in [4.78, 5) is 23.6. The second kappa shape index (κ2) is 7.17. The zero-order chi connectivity index (χ0) is 16.1. The highest BCUT2D eigenvalue weighted by molar-refractivity contribution is 9.10. The van der Waals surface area contributed by atoms with Gasteiger partial charge >= 0.3 is 0 Å². The normalized spacial score (nSPS) is 10.1. The number of hydrogen-bond acceptors (Lipinski definition) is 2. The number of carbonyl (C=O) groups excluding carboxylic acids is 2. The van der Waals surface area contributed by atoms with Crippen LogP contribution in [0.5, 0.6) is 0 Å². The molecule has 0 saturated heterocycles. The number of anilines is 1. The van der Waals surface area contributed by atoms with E-state index in [-0.39, 0.29) is 18.1 Å². The Morgan fingerprint density at radius 3 is 2.45 bits per heavy atom. The Bertz CT molecular complexity index is 702. The van der Waals surface area contributed by atoms with E-state index in [1.54, 1.807) is 37.3 Å². The average Bonchev–Trinajstić information content (AvgIpc) is 2.48. The van der Waals surface area contributed by atoms with Gasteiger partial charge in [0, 0.05) is 10.0 Å². The maximum atomic E-state index is 13.6. The molecular formula is C16H14BrFN2O2. The molecule has 0 spiro atoms. The molecule has 0 unspecified atom stereocenters. The lowest BCUT2D eigenvalue weighted by atomic mass is 10.2. The van der Waals surface area contributed by atoms with Crippen molar-refractivity contribution in [3.8, 4) is 0 Å². The Labute approximate surface area is 135 Å². The van der Waals surface area contributed by atoms with Gasteiger partial charge in [0.2, 0.25) is 5.91 Å². The summed E-state index contributed by atoms with van der Waals surface area (Å²) in [6.45, 7) is 1.52. The first-order chi connectivity index (χ1) is 10.5. The quantitative estimate of drug-likeness (QED) is 0.874. The van der Waals surface area contributed by atoms with Gasteiger partial charge in [0.25, 0.3) is 5.91 Å². The lowest BCUT2D eigenvalue weighted by Gasteiger charge is -2.08. The molecule has 2 amide bonds. The number of aryl methyl sites for hydroxylation is 1. The Kier molecular flexibility index (Phi) is 5.27. The van der Waals surface area contributed by atoms with Crippen LogP contribution in [-0.4, -0.2) is 18.4 Å². The van der Waals surface area contributed by atoms with Crippen LogP contribution in [0, 0.1) is 12.7 Å². The molecule has 0 aliphatic rings. The van der Waals surface area contributed by atoms with E-state index in [9.17, 15) is 14.0 Å². The fraction of sp³-hybridized carbons (Fsp3) is 0.125. The number of halogens is 2. The van der Waals surface area contributed by atoms with Gasteiger partial charge in [-0.3, -0.25) is 9.59 Å². The molecule has 2 rings (SSSR count). The smallest absolute Gasteiger partial charge is 0.251 e. The van der Waals surface area contributed by atoms with Crippen LogP contribution in [0.2, 0.25) is 0 Å². The minimum absolute atomic E-state index is 0.0912. The van der Waals surface area contributed by atoms with E-state index in [4.69, 9.17) is 0 Å². The topological polar surface area (TPSA) is 58.2 Å². The first-order valence-electron chi connectivity index (χ1n) is 6.55. The van der Waals surface area contributed by atoms with Crippen LogP contribution in [0.4, 0.5) is 10.1 Å². The molecule has 0 fully saturated rings. The molecule has 6 heteroatoms. The monoisotopic (exact) mass is 364 g/mol. The number of benzene rings is 2. The predicted molar refractivity (Wildman–Crippen MR) is 86.2 cm³/mol. The molecule has 4 nitrogen and oxygen atoms in total. The highest BCUT2D eigenvalue weighted by Crippen LogP contribution is 2.15. The molecule has 0 aliphatic carbocycles. The van der Waals surface area contributed by atoms with Gasteiger partial charge in [-0.25, -0.2) is 4.39 Å². The standard InChI is InChI=1S/C16H14BrFN2O2/c1-10-2-7-14(13(18)8-10)20-15(21)9-19-16(22)11-3-5-12(17)6-4-11/h2-8H,9H2,1H3,(H,19,22)(H,20,21). The minimum Gasteiger partial charge on any atom is -0.343 e. The van der Waals surface area contributed by atoms with Crippen LogP contribution in [-0.2, 0) is 4.79 Å². The van der Waals surface area contributed by atoms with Crippen molar-refractivity contribution in [2.24, 2.45) is 0 Å². The SMILES string of the molecule is Cc1ccc(NC(=O)CNC(=O)c2ccc(Br)cc2)c(F)c1. The predicted octanol–water partition coefficient (Wildman–Crippen LogP) is 3.27. The lowest BCUT2D eigenvalue weighted by Crippen LogP contribution is -2.33. The van der Waals surface area contributed by atoms with Crippen molar-refractivity contribution in [1.29, 1.82) is 0 Å². The third kappa shape index (κ3) is 4.39. The van der Waals surface area contributed by atoms with Crippen molar-refractivity contribution in [3.05, 3.63) is 63.9 Å². The molecule has 22 heavy (non-hydrogen) atoms. The molecule has 2 aromatic carbocycles. The van der Waals surface area contributed by atoms with Gasteiger partial charge in [-0.15, -0.1) is 0 Å². The van der Waals surface area contributed by atoms with E-state index < -0.39 is 11.7 Å². The Morgan fingerprint density at radius 2 is 1.82 bits per heavy atom. The Hall–Kier alpha value is -2.21. The van der Waals surface area contributed by atoms with E-state index in [1.807, 2.05) is 0 Å². The van der Waals surface area contributed by atoms with Gasteiger partial charge in [-0.1, -0.05) is 22.0 Å². The van der Waals surface area contributed by atoms with Crippen LogP contribution >= 0.6 is 15.9 Å². The summed E-state index contributed by atoms with van der Waals surface area (Å²) in [7, 11) is 0. The van der Waals surface area contributed by atoms with Gasteiger partial charge in [-0.2, -0.15) is 0 Å². The van der Waals surface area contributed by atoms with Crippen molar-refractivity contribution in [2.45, 2.75) is 6.92 Å². The molecule has 2 aromatic rings. The van der Waals surface area contributed by atoms with Crippen molar-refractivity contribution in [3.63, 3.8) is 0 Å². The lowest BCUT2D eigenvalue weighted by molar-refractivity contribution is -0.115. The first kappa shape index (κ1) is 16.2. The van der Waals surface area contributed by atoms with Crippen LogP contribution < -0.4 is 10.6 Å². The Morgan fingerprint density at radius 1 is 1.14 bits per heavy atom. The van der Waals surface area contributed by atoms with Crippen LogP contribution in [0.1, 0.15) is 15.9 Å². The van der Waals surface area contributed by atoms with E-state index in [1.165, 1.54) is 12.1 Å². The maximum absolute atomic E-state index is 13.6. The maximum Gasteiger partial charge on any atom is 0.251 e. The zero-order valence-corrected chi connectivity index (χ0v) is 13.4. The summed E-state index contributed by atoms with van der Waals surface area (Å²) < 4.78 is 14.5. The summed E-state index contributed by atoms with van der Waals surface area (Å²) >= 11 is 3.27. The van der Waals surface area contributed by atoms with Crippen molar-refractivity contribution in [2.75, 3.05) is 11.9 Å². The zero-order valence-electron chi connectivity index (χ0n) is 11.8. The second-order valence-electron chi connectivity index (χ2n) is 4.72. The third-order valence-corrected chi connectivity index (χ3v) is 3.44. The Balaban J connectivity index is 1.89. The average molecular weight is 365 g/mol. The summed E-state index contributed by atoms with van der Waals surface area (Å²) in [6, 6.07) is 11.2. The molecule has 2 N–H and O–H groups in total. The number of amides is 2. The molecule has 0 saturated carbocycles. The number of hydrogen-bond donors (Lipinski definition) is 2. The van der Waals surface area contributed by atoms with Gasteiger partial charge in [0.15, 0.2) is 0 Å². The summed E-state index contributed by atoms with van der Waals surface area (Å²) in [6.07, 6.45) is 0. The van der Waals surface area contributed by atoms with Crippen LogP contribution in [0.25, 0.3) is 0 Å². The van der Waals surface area contributed by atoms with Gasteiger partial charge in [-0.05, 0) is 48.9 Å². The van der Waals surface area contributed by atoms with Crippen molar-refractivity contribution in [1.82, 2.24) is 5.32 Å². The molecule has 0 atom stereocenters. The fourth-order valence-corrected chi connectivity index (χ4v) is 2.04. The summed E-state index contributed by atoms with van der Waals surface area (Å²) in [5.41, 5.74) is 1.30. The van der Waals surface area contributed by atoms with Gasteiger partial charge < -0.3 is 10.6 Å². The van der Waals surface area contributed by atoms with Crippen LogP contribution in [0.15, 0.2) is 46.9 Å². The van der Waals surface area contributed by atoms with Crippen molar-refractivity contribution >= 4 is 33.4 Å². The van der Waals surface area contributed by atoms with Crippen LogP contribution in [0.3, 0.4) is 0 Å². The fourth-order valence-electron chi connectivity index (χ4n) is 1.78. The molecule has 0 radical (unpaired) electrons. The third-order valence-electron chi connectivity index (χ3n) is 2.91. The van der Waals surface area contributed by atoms with E-state index in [0.29, 0.717) is 5.56 Å². The molecular weight excluding hydrogens is 351 g/mol. The molecule has 0 aromatic heterocycles. The van der Waals surface area contributed by atoms with E-state index in [2.05, 4.69) is 26.6 Å². The highest BCUT2D eigenvalue weighted by Gasteiger charge is 2.10. The minimum atomic E-state index is -0.507. The van der Waals surface area contributed by atoms with E-state index >= 15 is 0 Å². The molecule has 0 bridgehead atoms. The van der Waals surface area contributed by atoms with Gasteiger partial charge in [0.05, 0.1) is 12.2 Å². The second-order valence-corrected chi connectivity index (χ2v) is 5.64. The number of nitrogens with one attached hydrogen (secondary N) is 2. The number of carbonyl (C=O) groups is 2. The number of rotatable bonds is 4. The van der Waals surface area contributed by atoms with E-state index in [0.717, 1.165) is 10.0 Å². The first-order valence-corrected chi connectivity index (χ1v) is 7.35. The summed E-state index contributed by atoms with van der Waals surface area (Å²) in [5.74, 6) is -1.37.